The molecule has 4 nitrogen and oxygen atoms in total. The Labute approximate surface area is 193 Å². The maximum absolute atomic E-state index is 12.2. The van der Waals surface area contributed by atoms with Gasteiger partial charge < -0.3 is 9.84 Å². The van der Waals surface area contributed by atoms with Gasteiger partial charge in [0.1, 0.15) is 6.10 Å². The molecule has 0 bridgehead atoms. The maximum atomic E-state index is 12.2. The molecule has 2 aliphatic rings. The second kappa shape index (κ2) is 9.97. The minimum absolute atomic E-state index is 0. The number of carbonyl (C=O) groups excluding carboxylic acids is 1. The average Bonchev–Trinajstić information content (AvgIpc) is 2.88. The van der Waals surface area contributed by atoms with Crippen molar-refractivity contribution in [2.24, 2.45) is 29.6 Å². The fourth-order valence-corrected chi connectivity index (χ4v) is 5.02. The summed E-state index contributed by atoms with van der Waals surface area (Å²) in [6, 6.07) is 5.84. The number of aromatic nitrogens is 1. The van der Waals surface area contributed by atoms with Crippen molar-refractivity contribution in [2.45, 2.75) is 25.9 Å². The summed E-state index contributed by atoms with van der Waals surface area (Å²) in [4.78, 5) is 16.6. The molecule has 1 radical (unpaired) electrons. The number of esters is 1. The molecule has 1 aliphatic heterocycles. The molecule has 6 heteroatoms. The van der Waals surface area contributed by atoms with Crippen LogP contribution in [0.15, 0.2) is 30.5 Å². The van der Waals surface area contributed by atoms with E-state index in [0.717, 1.165) is 23.9 Å². The van der Waals surface area contributed by atoms with E-state index in [9.17, 15) is 9.90 Å². The molecule has 1 aromatic rings. The van der Waals surface area contributed by atoms with E-state index in [1.807, 2.05) is 31.2 Å². The van der Waals surface area contributed by atoms with Crippen LogP contribution in [-0.4, -0.2) is 34.1 Å². The van der Waals surface area contributed by atoms with Crippen LogP contribution >= 0.6 is 15.9 Å². The zero-order valence-corrected chi connectivity index (χ0v) is 20.8. The summed E-state index contributed by atoms with van der Waals surface area (Å²) >= 11 is 3.55. The molecule has 0 amide bonds. The number of hydrogen-bond donors (Lipinski definition) is 1. The number of ether oxygens (including phenoxy) is 1. The van der Waals surface area contributed by atoms with Gasteiger partial charge >= 0.3 is 5.97 Å². The third-order valence-electron chi connectivity index (χ3n) is 5.57. The summed E-state index contributed by atoms with van der Waals surface area (Å²) in [6.45, 7) is 2.12. The topological polar surface area (TPSA) is 59.4 Å². The summed E-state index contributed by atoms with van der Waals surface area (Å²) in [7, 11) is 0. The van der Waals surface area contributed by atoms with Crippen LogP contribution in [0.1, 0.15) is 25.5 Å². The third kappa shape index (κ3) is 4.75. The number of carbonyl (C=O) groups is 1. The van der Waals surface area contributed by atoms with Crippen LogP contribution in [0, 0.1) is 73.7 Å². The predicted octanol–water partition coefficient (Wildman–Crippen LogP) is 3.30. The zero-order chi connectivity index (χ0) is 17.1. The molecular formula is C19H24AcBrNO3. The van der Waals surface area contributed by atoms with Crippen molar-refractivity contribution in [2.75, 3.05) is 11.9 Å². The molecule has 1 saturated carbocycles. The molecule has 133 valence electrons. The van der Waals surface area contributed by atoms with Crippen LogP contribution in [0.5, 0.6) is 0 Å². The summed E-state index contributed by atoms with van der Waals surface area (Å²) in [6.07, 6.45) is 7.65. The summed E-state index contributed by atoms with van der Waals surface area (Å²) < 4.78 is 5.53. The average molecular weight is 621 g/mol. The zero-order valence-electron chi connectivity index (χ0n) is 14.4. The van der Waals surface area contributed by atoms with Crippen molar-refractivity contribution in [1.82, 2.24) is 4.98 Å². The van der Waals surface area contributed by atoms with E-state index in [0.29, 0.717) is 5.92 Å². The Hall–Kier alpha value is 0.242. The fourth-order valence-electron chi connectivity index (χ4n) is 4.49. The van der Waals surface area contributed by atoms with Crippen molar-refractivity contribution in [3.63, 3.8) is 0 Å². The Bertz CT molecular complexity index is 598. The van der Waals surface area contributed by atoms with Crippen LogP contribution in [0.2, 0.25) is 0 Å². The van der Waals surface area contributed by atoms with Crippen molar-refractivity contribution in [3.8, 4) is 0 Å². The van der Waals surface area contributed by atoms with Gasteiger partial charge in [0.2, 0.25) is 0 Å². The fraction of sp³-hybridized carbons (Fsp3) is 0.579. The number of halogens is 1. The first-order valence-corrected chi connectivity index (χ1v) is 9.74. The molecule has 25 heavy (non-hydrogen) atoms. The second-order valence-corrected chi connectivity index (χ2v) is 7.63. The van der Waals surface area contributed by atoms with Gasteiger partial charge in [-0.2, -0.15) is 0 Å². The Kier molecular flexibility index (Phi) is 8.59. The summed E-state index contributed by atoms with van der Waals surface area (Å²) in [5.74, 6) is 0.681. The molecule has 1 aromatic heterocycles. The van der Waals surface area contributed by atoms with E-state index < -0.39 is 0 Å². The van der Waals surface area contributed by atoms with Gasteiger partial charge in [0.15, 0.2) is 0 Å². The van der Waals surface area contributed by atoms with Gasteiger partial charge in [-0.3, -0.25) is 9.78 Å². The number of pyridine rings is 1. The number of fused-ring (bicyclic) bond motifs is 1. The number of alkyl halides is 1. The van der Waals surface area contributed by atoms with E-state index in [-0.39, 0.29) is 86.4 Å². The first kappa shape index (κ1) is 21.5. The number of aliphatic hydroxyl groups excluding tert-OH is 1. The number of cyclic esters (lactones) is 1. The van der Waals surface area contributed by atoms with Gasteiger partial charge in [-0.05, 0) is 55.7 Å². The smallest absolute Gasteiger partial charge is 0.309 e. The molecule has 0 spiro atoms. The summed E-state index contributed by atoms with van der Waals surface area (Å²) in [5, 5.41) is 10.8. The first-order valence-electron chi connectivity index (χ1n) is 8.62. The van der Waals surface area contributed by atoms with Crippen molar-refractivity contribution >= 4 is 28.0 Å². The van der Waals surface area contributed by atoms with Gasteiger partial charge in [0.25, 0.3) is 0 Å². The van der Waals surface area contributed by atoms with Crippen molar-refractivity contribution < 1.29 is 58.7 Å². The number of allylic oxidation sites excluding steroid dienone is 1. The van der Waals surface area contributed by atoms with Gasteiger partial charge in [0, 0.05) is 68.1 Å². The third-order valence-corrected chi connectivity index (χ3v) is 6.02. The molecule has 6 atom stereocenters. The quantitative estimate of drug-likeness (QED) is 0.406. The van der Waals surface area contributed by atoms with Gasteiger partial charge in [-0.15, -0.1) is 0 Å². The Morgan fingerprint density at radius 2 is 2.24 bits per heavy atom. The predicted molar refractivity (Wildman–Crippen MR) is 96.4 cm³/mol. The number of aliphatic hydroxyl groups is 1. The van der Waals surface area contributed by atoms with E-state index in [1.165, 1.54) is 0 Å². The van der Waals surface area contributed by atoms with Crippen LogP contribution < -0.4 is 0 Å². The largest absolute Gasteiger partial charge is 0.462 e. The molecular weight excluding hydrogens is 597 g/mol. The van der Waals surface area contributed by atoms with Crippen LogP contribution in [0.3, 0.4) is 0 Å². The second-order valence-electron chi connectivity index (χ2n) is 6.84. The molecule has 1 N–H and O–H groups in total. The number of hydrogen-bond acceptors (Lipinski definition) is 4. The van der Waals surface area contributed by atoms with Crippen LogP contribution in [0.25, 0.3) is 6.08 Å². The minimum atomic E-state index is -0.0977. The standard InChI is InChI=1S/C19H24BrNO3.Ac/c1-12-18-16(6-5-14-4-2-3-9-21-14)15(7-8-20)13(11-22)10-17(18)19(23)24-12;/h2-6,9,12-13,15-18,22H,7-8,10-11H2,1H3;/b6-5+;/t12-,13-,15-,16+,17-,18+;/m1./s1. The van der Waals surface area contributed by atoms with Gasteiger partial charge in [0.05, 0.1) is 11.6 Å². The molecule has 0 unspecified atom stereocenters. The van der Waals surface area contributed by atoms with Crippen LogP contribution in [-0.2, 0) is 9.53 Å². The van der Waals surface area contributed by atoms with Gasteiger partial charge in [-0.1, -0.05) is 28.1 Å². The normalized spacial score (nSPS) is 34.4. The van der Waals surface area contributed by atoms with Crippen molar-refractivity contribution in [1.29, 1.82) is 0 Å². The monoisotopic (exact) mass is 620 g/mol. The Balaban J connectivity index is 0.00000225. The van der Waals surface area contributed by atoms with Crippen LogP contribution in [0.4, 0.5) is 0 Å². The maximum Gasteiger partial charge on any atom is 0.309 e. The Morgan fingerprint density at radius 3 is 2.88 bits per heavy atom. The van der Waals surface area contributed by atoms with E-state index in [1.54, 1.807) is 6.20 Å². The minimum Gasteiger partial charge on any atom is -0.462 e. The number of rotatable bonds is 5. The molecule has 2 heterocycles. The molecule has 0 aromatic carbocycles. The Morgan fingerprint density at radius 1 is 1.44 bits per heavy atom. The first-order chi connectivity index (χ1) is 11.7. The van der Waals surface area contributed by atoms with Crippen molar-refractivity contribution in [3.05, 3.63) is 36.2 Å². The van der Waals surface area contributed by atoms with E-state index in [4.69, 9.17) is 4.74 Å². The molecule has 2 fully saturated rings. The molecule has 1 saturated heterocycles. The van der Waals surface area contributed by atoms with Gasteiger partial charge in [-0.25, -0.2) is 0 Å². The van der Waals surface area contributed by atoms with E-state index >= 15 is 0 Å². The van der Waals surface area contributed by atoms with E-state index in [2.05, 4.69) is 27.0 Å². The SMILES string of the molecule is C[C@H]1OC(=O)[C@@H]2C[C@H](CO)[C@@H](CCBr)[C@H](/C=C/c3ccccn3)[C@H]12.[Ac]. The number of nitrogens with zero attached hydrogens (tertiary/aromatic N) is 1. The summed E-state index contributed by atoms with van der Waals surface area (Å²) in [5.41, 5.74) is 0.913. The molecule has 1 aliphatic carbocycles. The molecule has 3 rings (SSSR count).